The van der Waals surface area contributed by atoms with Crippen LogP contribution >= 0.6 is 23.2 Å². The molecule has 2 aromatic carbocycles. The lowest BCUT2D eigenvalue weighted by Crippen LogP contribution is -2.17. The fourth-order valence-corrected chi connectivity index (χ4v) is 3.13. The first-order valence-electron chi connectivity index (χ1n) is 7.63. The van der Waals surface area contributed by atoms with Crippen molar-refractivity contribution in [1.29, 1.82) is 0 Å². The van der Waals surface area contributed by atoms with Crippen LogP contribution in [0.2, 0.25) is 10.0 Å². The summed E-state index contributed by atoms with van der Waals surface area (Å²) >= 11 is 12.0. The van der Waals surface area contributed by atoms with E-state index >= 15 is 0 Å². The number of ether oxygens (including phenoxy) is 1. The molecular weight excluding hydrogens is 375 g/mol. The molecule has 0 radical (unpaired) electrons. The van der Waals surface area contributed by atoms with E-state index in [0.717, 1.165) is 15.6 Å². The first kappa shape index (κ1) is 16.6. The van der Waals surface area contributed by atoms with Crippen molar-refractivity contribution in [2.24, 2.45) is 5.10 Å². The number of nitrogens with zero attached hydrogens (tertiary/aromatic N) is 3. The summed E-state index contributed by atoms with van der Waals surface area (Å²) in [7, 11) is 1.59. The predicted molar refractivity (Wildman–Crippen MR) is 104 cm³/mol. The number of hydrogen-bond acceptors (Lipinski definition) is 4. The number of H-pyrrole nitrogens is 1. The summed E-state index contributed by atoms with van der Waals surface area (Å²) in [5.74, 6) is 0.694. The first-order valence-corrected chi connectivity index (χ1v) is 8.39. The third kappa shape index (κ3) is 2.83. The van der Waals surface area contributed by atoms with E-state index in [1.165, 1.54) is 12.5 Å². The summed E-state index contributed by atoms with van der Waals surface area (Å²) in [6.07, 6.45) is 2.86. The van der Waals surface area contributed by atoms with E-state index in [1.54, 1.807) is 25.3 Å². The van der Waals surface area contributed by atoms with Gasteiger partial charge in [-0.1, -0.05) is 29.3 Å². The Hall–Kier alpha value is -2.83. The van der Waals surface area contributed by atoms with Gasteiger partial charge in [-0.05, 0) is 24.3 Å². The molecule has 0 saturated carbocycles. The first-order chi connectivity index (χ1) is 12.6. The van der Waals surface area contributed by atoms with Gasteiger partial charge in [0.15, 0.2) is 0 Å². The fourth-order valence-electron chi connectivity index (χ4n) is 2.67. The molecular formula is C18H12Cl2N4O2. The Balaban J connectivity index is 1.81. The van der Waals surface area contributed by atoms with Gasteiger partial charge in [-0.15, -0.1) is 0 Å². The molecule has 2 heterocycles. The van der Waals surface area contributed by atoms with Crippen molar-refractivity contribution in [2.45, 2.75) is 0 Å². The van der Waals surface area contributed by atoms with Crippen molar-refractivity contribution in [1.82, 2.24) is 14.6 Å². The number of benzene rings is 2. The molecule has 0 atom stereocenters. The number of aromatic nitrogens is 3. The maximum Gasteiger partial charge on any atom is 0.298 e. The topological polar surface area (TPSA) is 72.3 Å². The number of hydrogen-bond donors (Lipinski definition) is 1. The lowest BCUT2D eigenvalue weighted by atomic mass is 10.2. The van der Waals surface area contributed by atoms with Crippen LogP contribution in [-0.2, 0) is 0 Å². The second kappa shape index (κ2) is 6.48. The zero-order valence-corrected chi connectivity index (χ0v) is 15.0. The van der Waals surface area contributed by atoms with Gasteiger partial charge >= 0.3 is 0 Å². The van der Waals surface area contributed by atoms with E-state index in [1.807, 2.05) is 18.2 Å². The molecule has 0 spiro atoms. The normalized spacial score (nSPS) is 11.7. The standard InChI is InChI=1S/C18H12Cl2N4O2/c1-26-12-4-5-13-15(7-12)23-17-16(13)21-9-24(18(17)25)22-8-10-2-3-11(19)6-14(10)20/h2-9,23H,1H3/b22-8+. The third-order valence-corrected chi connectivity index (χ3v) is 4.54. The van der Waals surface area contributed by atoms with Crippen molar-refractivity contribution in [3.05, 3.63) is 68.7 Å². The Labute approximate surface area is 157 Å². The molecule has 2 aromatic heterocycles. The molecule has 26 heavy (non-hydrogen) atoms. The lowest BCUT2D eigenvalue weighted by molar-refractivity contribution is 0.415. The maximum atomic E-state index is 12.7. The Morgan fingerprint density at radius 1 is 1.23 bits per heavy atom. The minimum Gasteiger partial charge on any atom is -0.497 e. The minimum atomic E-state index is -0.313. The molecule has 6 nitrogen and oxygen atoms in total. The van der Waals surface area contributed by atoms with E-state index in [9.17, 15) is 4.79 Å². The highest BCUT2D eigenvalue weighted by molar-refractivity contribution is 6.36. The molecule has 0 aliphatic heterocycles. The molecule has 4 rings (SSSR count). The third-order valence-electron chi connectivity index (χ3n) is 3.98. The van der Waals surface area contributed by atoms with Gasteiger partial charge in [-0.2, -0.15) is 9.78 Å². The Morgan fingerprint density at radius 2 is 2.08 bits per heavy atom. The van der Waals surface area contributed by atoms with E-state index in [0.29, 0.717) is 32.4 Å². The van der Waals surface area contributed by atoms with Gasteiger partial charge in [0, 0.05) is 22.0 Å². The van der Waals surface area contributed by atoms with E-state index in [-0.39, 0.29) is 5.56 Å². The average Bonchev–Trinajstić information content (AvgIpc) is 3.01. The quantitative estimate of drug-likeness (QED) is 0.539. The molecule has 4 aromatic rings. The minimum absolute atomic E-state index is 0.313. The van der Waals surface area contributed by atoms with E-state index in [4.69, 9.17) is 27.9 Å². The van der Waals surface area contributed by atoms with Crippen molar-refractivity contribution in [3.63, 3.8) is 0 Å². The summed E-state index contributed by atoms with van der Waals surface area (Å²) in [6, 6.07) is 10.5. The van der Waals surface area contributed by atoms with Crippen molar-refractivity contribution >= 4 is 51.4 Å². The number of methoxy groups -OCH3 is 1. The van der Waals surface area contributed by atoms with Crippen LogP contribution in [0.25, 0.3) is 21.9 Å². The van der Waals surface area contributed by atoms with Crippen LogP contribution in [0.1, 0.15) is 5.56 Å². The van der Waals surface area contributed by atoms with E-state index < -0.39 is 0 Å². The summed E-state index contributed by atoms with van der Waals surface area (Å²) < 4.78 is 6.36. The number of halogens is 2. The van der Waals surface area contributed by atoms with Gasteiger partial charge in [0.2, 0.25) is 0 Å². The van der Waals surface area contributed by atoms with Gasteiger partial charge in [-0.3, -0.25) is 4.79 Å². The van der Waals surface area contributed by atoms with Crippen LogP contribution in [0.3, 0.4) is 0 Å². The molecule has 0 saturated heterocycles. The second-order valence-electron chi connectivity index (χ2n) is 5.56. The summed E-state index contributed by atoms with van der Waals surface area (Å²) in [5.41, 5.74) is 2.06. The Bertz CT molecular complexity index is 1230. The number of nitrogens with one attached hydrogen (secondary N) is 1. The Kier molecular flexibility index (Phi) is 4.14. The van der Waals surface area contributed by atoms with Crippen molar-refractivity contribution in [2.75, 3.05) is 7.11 Å². The molecule has 0 aliphatic carbocycles. The van der Waals surface area contributed by atoms with E-state index in [2.05, 4.69) is 15.1 Å². The molecule has 0 bridgehead atoms. The number of rotatable bonds is 3. The van der Waals surface area contributed by atoms with Crippen LogP contribution in [0.15, 0.2) is 52.6 Å². The molecule has 8 heteroatoms. The van der Waals surface area contributed by atoms with Gasteiger partial charge in [0.25, 0.3) is 5.56 Å². The Morgan fingerprint density at radius 3 is 2.85 bits per heavy atom. The molecule has 0 amide bonds. The molecule has 0 unspecified atom stereocenters. The smallest absolute Gasteiger partial charge is 0.298 e. The number of aromatic amines is 1. The van der Waals surface area contributed by atoms with Gasteiger partial charge in [-0.25, -0.2) is 4.98 Å². The summed E-state index contributed by atoms with van der Waals surface area (Å²) in [4.78, 5) is 20.1. The zero-order chi connectivity index (χ0) is 18.3. The molecule has 1 N–H and O–H groups in total. The summed E-state index contributed by atoms with van der Waals surface area (Å²) in [5, 5.41) is 5.98. The average molecular weight is 387 g/mol. The SMILES string of the molecule is COc1ccc2c(c1)[nH]c1c(=O)n(/N=C/c3ccc(Cl)cc3Cl)cnc12. The van der Waals surface area contributed by atoms with Crippen molar-refractivity contribution < 1.29 is 4.74 Å². The highest BCUT2D eigenvalue weighted by Gasteiger charge is 2.11. The highest BCUT2D eigenvalue weighted by atomic mass is 35.5. The fraction of sp³-hybridized carbons (Fsp3) is 0.0556. The van der Waals surface area contributed by atoms with Crippen LogP contribution in [-0.4, -0.2) is 28.0 Å². The lowest BCUT2D eigenvalue weighted by Gasteiger charge is -2.00. The van der Waals surface area contributed by atoms with Crippen molar-refractivity contribution in [3.8, 4) is 5.75 Å². The maximum absolute atomic E-state index is 12.7. The molecule has 130 valence electrons. The highest BCUT2D eigenvalue weighted by Crippen LogP contribution is 2.25. The monoisotopic (exact) mass is 386 g/mol. The van der Waals surface area contributed by atoms with Crippen LogP contribution in [0, 0.1) is 0 Å². The molecule has 0 fully saturated rings. The number of fused-ring (bicyclic) bond motifs is 3. The van der Waals surface area contributed by atoms with Gasteiger partial charge < -0.3 is 9.72 Å². The second-order valence-corrected chi connectivity index (χ2v) is 6.41. The summed E-state index contributed by atoms with van der Waals surface area (Å²) in [6.45, 7) is 0. The largest absolute Gasteiger partial charge is 0.497 e. The van der Waals surface area contributed by atoms with Crippen LogP contribution in [0.4, 0.5) is 0 Å². The molecule has 0 aliphatic rings. The zero-order valence-electron chi connectivity index (χ0n) is 13.5. The van der Waals surface area contributed by atoms with Gasteiger partial charge in [0.1, 0.15) is 23.1 Å². The van der Waals surface area contributed by atoms with Crippen LogP contribution < -0.4 is 10.3 Å². The van der Waals surface area contributed by atoms with Gasteiger partial charge in [0.05, 0.1) is 23.9 Å². The van der Waals surface area contributed by atoms with Crippen LogP contribution in [0.5, 0.6) is 5.75 Å². The predicted octanol–water partition coefficient (Wildman–Crippen LogP) is 4.08.